The van der Waals surface area contributed by atoms with Crippen molar-refractivity contribution < 1.29 is 9.84 Å². The van der Waals surface area contributed by atoms with E-state index < -0.39 is 0 Å². The molecule has 0 aliphatic heterocycles. The second-order valence-corrected chi connectivity index (χ2v) is 4.41. The molecule has 0 radical (unpaired) electrons. The summed E-state index contributed by atoms with van der Waals surface area (Å²) in [4.78, 5) is 4.29. The standard InChI is InChI=1S/C14H24N2O2/c1-3-4-9-18-10-5-8-15-11-13-14(17)7-6-12(2)16-13/h6-7,15,17H,3-5,8-11H2,1-2H3. The summed E-state index contributed by atoms with van der Waals surface area (Å²) in [5.74, 6) is 0.257. The van der Waals surface area contributed by atoms with Gasteiger partial charge in [-0.2, -0.15) is 0 Å². The summed E-state index contributed by atoms with van der Waals surface area (Å²) in [5.41, 5.74) is 1.63. The molecule has 0 amide bonds. The SMILES string of the molecule is CCCCOCCCNCc1nc(C)ccc1O. The fraction of sp³-hybridized carbons (Fsp3) is 0.643. The highest BCUT2D eigenvalue weighted by Crippen LogP contribution is 2.13. The zero-order valence-corrected chi connectivity index (χ0v) is 11.4. The summed E-state index contributed by atoms with van der Waals surface area (Å²) in [6.07, 6.45) is 3.29. The van der Waals surface area contributed by atoms with E-state index in [1.165, 1.54) is 6.42 Å². The Morgan fingerprint density at radius 1 is 1.28 bits per heavy atom. The normalized spacial score (nSPS) is 10.8. The Labute approximate surface area is 109 Å². The predicted molar refractivity (Wildman–Crippen MR) is 72.7 cm³/mol. The molecule has 1 heterocycles. The number of pyridine rings is 1. The summed E-state index contributed by atoms with van der Waals surface area (Å²) in [7, 11) is 0. The summed E-state index contributed by atoms with van der Waals surface area (Å²) in [6.45, 7) is 7.21. The fourth-order valence-corrected chi connectivity index (χ4v) is 1.59. The van der Waals surface area contributed by atoms with Crippen LogP contribution in [0.5, 0.6) is 5.75 Å². The molecular weight excluding hydrogens is 228 g/mol. The van der Waals surface area contributed by atoms with Gasteiger partial charge in [0.05, 0.1) is 5.69 Å². The summed E-state index contributed by atoms with van der Waals surface area (Å²) < 4.78 is 5.46. The monoisotopic (exact) mass is 252 g/mol. The Morgan fingerprint density at radius 2 is 2.06 bits per heavy atom. The molecule has 0 atom stereocenters. The van der Waals surface area contributed by atoms with Crippen molar-refractivity contribution in [2.75, 3.05) is 19.8 Å². The summed E-state index contributed by atoms with van der Waals surface area (Å²) in [5, 5.41) is 12.9. The Morgan fingerprint density at radius 3 is 2.83 bits per heavy atom. The highest BCUT2D eigenvalue weighted by atomic mass is 16.5. The number of rotatable bonds is 9. The van der Waals surface area contributed by atoms with E-state index >= 15 is 0 Å². The van der Waals surface area contributed by atoms with E-state index in [9.17, 15) is 5.11 Å². The molecule has 0 spiro atoms. The first-order valence-corrected chi connectivity index (χ1v) is 6.68. The van der Waals surface area contributed by atoms with Crippen molar-refractivity contribution in [3.05, 3.63) is 23.5 Å². The van der Waals surface area contributed by atoms with Crippen molar-refractivity contribution >= 4 is 0 Å². The first-order valence-electron chi connectivity index (χ1n) is 6.68. The highest BCUT2D eigenvalue weighted by Gasteiger charge is 2.02. The van der Waals surface area contributed by atoms with E-state index in [0.717, 1.165) is 38.3 Å². The number of aryl methyl sites for hydroxylation is 1. The van der Waals surface area contributed by atoms with Gasteiger partial charge in [0, 0.05) is 25.5 Å². The maximum Gasteiger partial charge on any atom is 0.138 e. The van der Waals surface area contributed by atoms with Crippen LogP contribution in [-0.2, 0) is 11.3 Å². The molecule has 1 rings (SSSR count). The fourth-order valence-electron chi connectivity index (χ4n) is 1.59. The number of nitrogens with one attached hydrogen (secondary N) is 1. The van der Waals surface area contributed by atoms with Crippen LogP contribution in [-0.4, -0.2) is 29.8 Å². The zero-order chi connectivity index (χ0) is 13.2. The Kier molecular flexibility index (Phi) is 7.37. The van der Waals surface area contributed by atoms with Crippen molar-refractivity contribution in [1.82, 2.24) is 10.3 Å². The van der Waals surface area contributed by atoms with Crippen LogP contribution >= 0.6 is 0 Å². The zero-order valence-electron chi connectivity index (χ0n) is 11.4. The average Bonchev–Trinajstić information content (AvgIpc) is 2.36. The van der Waals surface area contributed by atoms with Crippen LogP contribution in [0.2, 0.25) is 0 Å². The van der Waals surface area contributed by atoms with Crippen molar-refractivity contribution in [3.63, 3.8) is 0 Å². The third-order valence-corrected chi connectivity index (χ3v) is 2.67. The van der Waals surface area contributed by atoms with Crippen molar-refractivity contribution in [2.45, 2.75) is 39.7 Å². The van der Waals surface area contributed by atoms with Crippen LogP contribution in [0.1, 0.15) is 37.6 Å². The van der Waals surface area contributed by atoms with Crippen molar-refractivity contribution in [3.8, 4) is 5.75 Å². The number of aromatic hydroxyl groups is 1. The third kappa shape index (κ3) is 5.98. The first-order chi connectivity index (χ1) is 8.74. The molecule has 0 aliphatic carbocycles. The average molecular weight is 252 g/mol. The van der Waals surface area contributed by atoms with Crippen molar-refractivity contribution in [2.24, 2.45) is 0 Å². The molecule has 1 aromatic heterocycles. The number of hydrogen-bond acceptors (Lipinski definition) is 4. The third-order valence-electron chi connectivity index (χ3n) is 2.67. The van der Waals surface area contributed by atoms with Gasteiger partial charge in [-0.15, -0.1) is 0 Å². The molecule has 2 N–H and O–H groups in total. The van der Waals surface area contributed by atoms with Crippen LogP contribution in [0.3, 0.4) is 0 Å². The van der Waals surface area contributed by atoms with Gasteiger partial charge in [0.25, 0.3) is 0 Å². The molecule has 0 saturated carbocycles. The number of aromatic nitrogens is 1. The van der Waals surface area contributed by atoms with Gasteiger partial charge in [-0.25, -0.2) is 0 Å². The number of ether oxygens (including phenoxy) is 1. The van der Waals surface area contributed by atoms with Gasteiger partial charge in [-0.05, 0) is 38.4 Å². The minimum absolute atomic E-state index is 0.257. The molecule has 0 unspecified atom stereocenters. The summed E-state index contributed by atoms with van der Waals surface area (Å²) >= 11 is 0. The van der Waals surface area contributed by atoms with Crippen LogP contribution in [0.25, 0.3) is 0 Å². The van der Waals surface area contributed by atoms with E-state index in [4.69, 9.17) is 4.74 Å². The van der Waals surface area contributed by atoms with E-state index in [-0.39, 0.29) is 5.75 Å². The Bertz CT molecular complexity index is 343. The smallest absolute Gasteiger partial charge is 0.138 e. The molecule has 0 aliphatic rings. The van der Waals surface area contributed by atoms with E-state index in [0.29, 0.717) is 12.2 Å². The molecule has 0 saturated heterocycles. The first kappa shape index (κ1) is 14.9. The van der Waals surface area contributed by atoms with Gasteiger partial charge in [-0.1, -0.05) is 13.3 Å². The lowest BCUT2D eigenvalue weighted by atomic mass is 10.3. The molecule has 0 aromatic carbocycles. The number of unbranched alkanes of at least 4 members (excludes halogenated alkanes) is 1. The van der Waals surface area contributed by atoms with Gasteiger partial charge >= 0.3 is 0 Å². The van der Waals surface area contributed by atoms with Gasteiger partial charge in [0.1, 0.15) is 5.75 Å². The second kappa shape index (κ2) is 8.89. The molecule has 102 valence electrons. The van der Waals surface area contributed by atoms with Gasteiger partial charge < -0.3 is 15.2 Å². The minimum Gasteiger partial charge on any atom is -0.506 e. The van der Waals surface area contributed by atoms with Gasteiger partial charge in [0.2, 0.25) is 0 Å². The Balaban J connectivity index is 2.09. The molecule has 1 aromatic rings. The maximum absolute atomic E-state index is 9.61. The highest BCUT2D eigenvalue weighted by molar-refractivity contribution is 5.27. The maximum atomic E-state index is 9.61. The van der Waals surface area contributed by atoms with E-state index in [1.54, 1.807) is 12.1 Å². The molecular formula is C14H24N2O2. The van der Waals surface area contributed by atoms with E-state index in [1.807, 2.05) is 6.92 Å². The Hall–Kier alpha value is -1.13. The van der Waals surface area contributed by atoms with Crippen LogP contribution < -0.4 is 5.32 Å². The van der Waals surface area contributed by atoms with Crippen molar-refractivity contribution in [1.29, 1.82) is 0 Å². The molecule has 4 heteroatoms. The quantitative estimate of drug-likeness (QED) is 0.663. The lowest BCUT2D eigenvalue weighted by molar-refractivity contribution is 0.128. The van der Waals surface area contributed by atoms with Crippen LogP contribution in [0, 0.1) is 6.92 Å². The van der Waals surface area contributed by atoms with Gasteiger partial charge in [-0.3, -0.25) is 4.98 Å². The lowest BCUT2D eigenvalue weighted by Gasteiger charge is -2.07. The molecule has 4 nitrogen and oxygen atoms in total. The second-order valence-electron chi connectivity index (χ2n) is 4.41. The van der Waals surface area contributed by atoms with Gasteiger partial charge in [0.15, 0.2) is 0 Å². The van der Waals surface area contributed by atoms with Crippen LogP contribution in [0.15, 0.2) is 12.1 Å². The lowest BCUT2D eigenvalue weighted by Crippen LogP contribution is -2.17. The number of hydrogen-bond donors (Lipinski definition) is 2. The predicted octanol–water partition coefficient (Wildman–Crippen LogP) is 2.39. The number of nitrogens with zero attached hydrogens (tertiary/aromatic N) is 1. The molecule has 0 fully saturated rings. The minimum atomic E-state index is 0.257. The molecule has 0 bridgehead atoms. The van der Waals surface area contributed by atoms with E-state index in [2.05, 4.69) is 17.2 Å². The topological polar surface area (TPSA) is 54.4 Å². The van der Waals surface area contributed by atoms with Crippen LogP contribution in [0.4, 0.5) is 0 Å². The molecule has 18 heavy (non-hydrogen) atoms. The summed E-state index contributed by atoms with van der Waals surface area (Å²) in [6, 6.07) is 3.49. The largest absolute Gasteiger partial charge is 0.506 e.